The summed E-state index contributed by atoms with van der Waals surface area (Å²) in [7, 11) is 1.50. The smallest absolute Gasteiger partial charge is 0.194 e. The lowest BCUT2D eigenvalue weighted by atomic mass is 10.0. The molecule has 2 aromatic carbocycles. The second kappa shape index (κ2) is 5.64. The molecule has 19 heavy (non-hydrogen) atoms. The lowest BCUT2D eigenvalue weighted by Crippen LogP contribution is -2.03. The van der Waals surface area contributed by atoms with E-state index in [0.29, 0.717) is 26.9 Å². The van der Waals surface area contributed by atoms with Gasteiger partial charge in [-0.25, -0.2) is 0 Å². The summed E-state index contributed by atoms with van der Waals surface area (Å²) in [6.45, 7) is 1.93. The molecular formula is C15H12Cl2O2. The number of hydrogen-bond donors (Lipinski definition) is 0. The number of aryl methyl sites for hydroxylation is 1. The number of benzene rings is 2. The van der Waals surface area contributed by atoms with Crippen LogP contribution in [0.25, 0.3) is 0 Å². The van der Waals surface area contributed by atoms with Crippen molar-refractivity contribution < 1.29 is 9.53 Å². The molecular weight excluding hydrogens is 283 g/mol. The molecule has 0 radical (unpaired) electrons. The summed E-state index contributed by atoms with van der Waals surface area (Å²) in [5.74, 6) is 0.297. The van der Waals surface area contributed by atoms with Gasteiger partial charge in [0.1, 0.15) is 5.75 Å². The Hall–Kier alpha value is -1.51. The van der Waals surface area contributed by atoms with Crippen LogP contribution in [-0.2, 0) is 0 Å². The second-order valence-electron chi connectivity index (χ2n) is 4.17. The van der Waals surface area contributed by atoms with Crippen molar-refractivity contribution in [2.24, 2.45) is 0 Å². The molecule has 2 rings (SSSR count). The molecule has 0 N–H and O–H groups in total. The first-order chi connectivity index (χ1) is 9.02. The molecule has 0 unspecified atom stereocenters. The van der Waals surface area contributed by atoms with Crippen molar-refractivity contribution >= 4 is 29.0 Å². The van der Waals surface area contributed by atoms with Gasteiger partial charge in [0, 0.05) is 17.2 Å². The Bertz CT molecular complexity index is 636. The largest absolute Gasteiger partial charge is 0.495 e. The van der Waals surface area contributed by atoms with E-state index in [2.05, 4.69) is 0 Å². The number of ketones is 1. The van der Waals surface area contributed by atoms with Crippen LogP contribution >= 0.6 is 23.2 Å². The van der Waals surface area contributed by atoms with Gasteiger partial charge in [-0.1, -0.05) is 47.0 Å². The van der Waals surface area contributed by atoms with Crippen LogP contribution in [0.5, 0.6) is 5.75 Å². The highest BCUT2D eigenvalue weighted by molar-refractivity contribution is 6.37. The summed E-state index contributed by atoms with van der Waals surface area (Å²) in [6, 6.07) is 10.4. The summed E-state index contributed by atoms with van der Waals surface area (Å²) < 4.78 is 5.06. The van der Waals surface area contributed by atoms with E-state index in [1.54, 1.807) is 12.1 Å². The molecule has 4 heteroatoms. The van der Waals surface area contributed by atoms with Crippen LogP contribution in [0.3, 0.4) is 0 Å². The molecule has 0 fully saturated rings. The minimum absolute atomic E-state index is 0.154. The molecule has 0 saturated carbocycles. The summed E-state index contributed by atoms with van der Waals surface area (Å²) in [4.78, 5) is 12.4. The van der Waals surface area contributed by atoms with Crippen molar-refractivity contribution in [3.05, 3.63) is 63.1 Å². The molecule has 0 heterocycles. The van der Waals surface area contributed by atoms with E-state index in [0.717, 1.165) is 5.56 Å². The van der Waals surface area contributed by atoms with Crippen LogP contribution in [0, 0.1) is 6.92 Å². The molecule has 98 valence electrons. The summed E-state index contributed by atoms with van der Waals surface area (Å²) in [5, 5.41) is 0.690. The summed E-state index contributed by atoms with van der Waals surface area (Å²) in [6.07, 6.45) is 0. The van der Waals surface area contributed by atoms with E-state index in [1.807, 2.05) is 25.1 Å². The van der Waals surface area contributed by atoms with Gasteiger partial charge in [0.15, 0.2) is 5.78 Å². The zero-order valence-electron chi connectivity index (χ0n) is 10.5. The van der Waals surface area contributed by atoms with Gasteiger partial charge in [-0.05, 0) is 19.1 Å². The van der Waals surface area contributed by atoms with Gasteiger partial charge in [0.05, 0.1) is 17.2 Å². The van der Waals surface area contributed by atoms with E-state index in [-0.39, 0.29) is 5.78 Å². The predicted molar refractivity (Wildman–Crippen MR) is 77.6 cm³/mol. The number of carbonyl (C=O) groups is 1. The fourth-order valence-electron chi connectivity index (χ4n) is 1.80. The molecule has 0 aliphatic heterocycles. The number of hydrogen-bond acceptors (Lipinski definition) is 2. The molecule has 2 nitrogen and oxygen atoms in total. The van der Waals surface area contributed by atoms with Crippen LogP contribution in [-0.4, -0.2) is 12.9 Å². The van der Waals surface area contributed by atoms with Gasteiger partial charge < -0.3 is 4.74 Å². The Kier molecular flexibility index (Phi) is 4.13. The predicted octanol–water partition coefficient (Wildman–Crippen LogP) is 4.54. The molecule has 0 saturated heterocycles. The summed E-state index contributed by atoms with van der Waals surface area (Å²) >= 11 is 12.1. The van der Waals surface area contributed by atoms with E-state index in [1.165, 1.54) is 13.2 Å². The van der Waals surface area contributed by atoms with Crippen molar-refractivity contribution in [3.63, 3.8) is 0 Å². The third-order valence-electron chi connectivity index (χ3n) is 2.77. The van der Waals surface area contributed by atoms with E-state index < -0.39 is 0 Å². The monoisotopic (exact) mass is 294 g/mol. The Morgan fingerprint density at radius 3 is 2.47 bits per heavy atom. The first kappa shape index (κ1) is 13.9. The summed E-state index contributed by atoms with van der Waals surface area (Å²) in [5.41, 5.74) is 1.97. The first-order valence-corrected chi connectivity index (χ1v) is 6.43. The average molecular weight is 295 g/mol. The number of ether oxygens (including phenoxy) is 1. The zero-order chi connectivity index (χ0) is 14.0. The normalized spacial score (nSPS) is 10.3. The van der Waals surface area contributed by atoms with Crippen LogP contribution in [0.2, 0.25) is 10.0 Å². The van der Waals surface area contributed by atoms with E-state index in [4.69, 9.17) is 27.9 Å². The molecule has 0 amide bonds. The van der Waals surface area contributed by atoms with Crippen molar-refractivity contribution in [3.8, 4) is 5.75 Å². The van der Waals surface area contributed by atoms with Crippen molar-refractivity contribution in [2.75, 3.05) is 7.11 Å². The molecule has 0 aromatic heterocycles. The number of methoxy groups -OCH3 is 1. The van der Waals surface area contributed by atoms with Gasteiger partial charge in [-0.3, -0.25) is 4.79 Å². The lowest BCUT2D eigenvalue weighted by molar-refractivity contribution is 0.103. The zero-order valence-corrected chi connectivity index (χ0v) is 12.0. The molecule has 0 atom stereocenters. The van der Waals surface area contributed by atoms with Crippen LogP contribution in [0.1, 0.15) is 21.5 Å². The topological polar surface area (TPSA) is 26.3 Å². The third-order valence-corrected chi connectivity index (χ3v) is 3.37. The maximum absolute atomic E-state index is 12.4. The molecule has 2 aromatic rings. The maximum Gasteiger partial charge on any atom is 0.194 e. The van der Waals surface area contributed by atoms with Gasteiger partial charge in [0.2, 0.25) is 0 Å². The van der Waals surface area contributed by atoms with E-state index >= 15 is 0 Å². The highest BCUT2D eigenvalue weighted by atomic mass is 35.5. The fourth-order valence-corrected chi connectivity index (χ4v) is 2.28. The highest BCUT2D eigenvalue weighted by Gasteiger charge is 2.16. The lowest BCUT2D eigenvalue weighted by Gasteiger charge is -2.08. The fraction of sp³-hybridized carbons (Fsp3) is 0.133. The number of halogens is 2. The molecule has 0 spiro atoms. The van der Waals surface area contributed by atoms with Crippen molar-refractivity contribution in [1.29, 1.82) is 0 Å². The second-order valence-corrected chi connectivity index (χ2v) is 4.98. The van der Waals surface area contributed by atoms with Gasteiger partial charge in [0.25, 0.3) is 0 Å². The number of carbonyl (C=O) groups excluding carboxylic acids is 1. The Balaban J connectivity index is 2.47. The third kappa shape index (κ3) is 2.91. The van der Waals surface area contributed by atoms with Gasteiger partial charge >= 0.3 is 0 Å². The van der Waals surface area contributed by atoms with Gasteiger partial charge in [-0.2, -0.15) is 0 Å². The highest BCUT2D eigenvalue weighted by Crippen LogP contribution is 2.32. The van der Waals surface area contributed by atoms with Crippen LogP contribution < -0.4 is 4.74 Å². The Morgan fingerprint density at radius 2 is 1.84 bits per heavy atom. The quantitative estimate of drug-likeness (QED) is 0.777. The maximum atomic E-state index is 12.4. The SMILES string of the molecule is COc1cc(Cl)c(C(=O)c2cccc(C)c2)cc1Cl. The molecule has 0 aliphatic rings. The Morgan fingerprint density at radius 1 is 1.11 bits per heavy atom. The number of rotatable bonds is 3. The van der Waals surface area contributed by atoms with Crippen LogP contribution in [0.15, 0.2) is 36.4 Å². The molecule has 0 bridgehead atoms. The molecule has 0 aliphatic carbocycles. The average Bonchev–Trinajstić information content (AvgIpc) is 2.40. The minimum Gasteiger partial charge on any atom is -0.495 e. The first-order valence-electron chi connectivity index (χ1n) is 5.67. The van der Waals surface area contributed by atoms with Crippen molar-refractivity contribution in [1.82, 2.24) is 0 Å². The van der Waals surface area contributed by atoms with Gasteiger partial charge in [-0.15, -0.1) is 0 Å². The van der Waals surface area contributed by atoms with Crippen LogP contribution in [0.4, 0.5) is 0 Å². The Labute approximate surface area is 121 Å². The minimum atomic E-state index is -0.154. The standard InChI is InChI=1S/C15H12Cl2O2/c1-9-4-3-5-10(6-9)15(18)11-7-13(17)14(19-2)8-12(11)16/h3-8H,1-2H3. The van der Waals surface area contributed by atoms with Crippen molar-refractivity contribution in [2.45, 2.75) is 6.92 Å². The van der Waals surface area contributed by atoms with E-state index in [9.17, 15) is 4.79 Å².